The summed E-state index contributed by atoms with van der Waals surface area (Å²) in [5.74, 6) is -0.893. The van der Waals surface area contributed by atoms with Gasteiger partial charge in [-0.2, -0.15) is 0 Å². The minimum absolute atomic E-state index is 0.267. The van der Waals surface area contributed by atoms with Crippen molar-refractivity contribution in [3.8, 4) is 0 Å². The van der Waals surface area contributed by atoms with Crippen molar-refractivity contribution >= 4 is 5.97 Å². The van der Waals surface area contributed by atoms with Crippen molar-refractivity contribution in [3.05, 3.63) is 83.7 Å². The third-order valence-corrected chi connectivity index (χ3v) is 4.20. The number of hydrogen-bond donors (Lipinski definition) is 3. The van der Waals surface area contributed by atoms with Crippen LogP contribution in [0.25, 0.3) is 0 Å². The van der Waals surface area contributed by atoms with Gasteiger partial charge in [-0.1, -0.05) is 36.4 Å². The molecule has 1 unspecified atom stereocenters. The van der Waals surface area contributed by atoms with Crippen LogP contribution in [0, 0.1) is 0 Å². The van der Waals surface area contributed by atoms with Crippen LogP contribution in [0.15, 0.2) is 72.6 Å². The third-order valence-electron chi connectivity index (χ3n) is 4.20. The fraction of sp³-hybridized carbons (Fsp3) is 0.250. The van der Waals surface area contributed by atoms with Gasteiger partial charge in [-0.05, 0) is 36.0 Å². The quantitative estimate of drug-likeness (QED) is 0.712. The number of aromatic carboxylic acids is 1. The fourth-order valence-electron chi connectivity index (χ4n) is 2.93. The molecule has 2 aliphatic rings. The minimum Gasteiger partial charge on any atom is -0.478 e. The summed E-state index contributed by atoms with van der Waals surface area (Å²) in [7, 11) is 0. The molecule has 0 amide bonds. The molecule has 0 spiro atoms. The van der Waals surface area contributed by atoms with Gasteiger partial charge >= 0.3 is 5.97 Å². The van der Waals surface area contributed by atoms with Gasteiger partial charge in [0.25, 0.3) is 0 Å². The van der Waals surface area contributed by atoms with E-state index >= 15 is 0 Å². The second-order valence-corrected chi connectivity index (χ2v) is 6.19. The van der Waals surface area contributed by atoms with Crippen LogP contribution in [0.4, 0.5) is 0 Å². The van der Waals surface area contributed by atoms with Gasteiger partial charge in [0.1, 0.15) is 0 Å². The standard InChI is InChI=1S/C20H23N3O2/c24-20(25)17-9-7-16(8-10-17)13-23(14-18-5-1-3-11-21-18)15-19-6-2-4-12-22-19/h1-11,18,21-22H,12-15H2,(H,24,25). The van der Waals surface area contributed by atoms with E-state index in [1.807, 2.05) is 24.4 Å². The molecule has 3 rings (SSSR count). The molecule has 1 aromatic carbocycles. The molecule has 5 heteroatoms. The van der Waals surface area contributed by atoms with Gasteiger partial charge in [0.15, 0.2) is 0 Å². The van der Waals surface area contributed by atoms with E-state index in [1.54, 1.807) is 12.1 Å². The summed E-state index contributed by atoms with van der Waals surface area (Å²) in [6.07, 6.45) is 14.4. The Morgan fingerprint density at radius 1 is 1.16 bits per heavy atom. The van der Waals surface area contributed by atoms with Gasteiger partial charge < -0.3 is 15.7 Å². The maximum absolute atomic E-state index is 11.0. The molecule has 1 atom stereocenters. The minimum atomic E-state index is -0.893. The molecule has 0 saturated heterocycles. The van der Waals surface area contributed by atoms with Crippen molar-refractivity contribution in [3.63, 3.8) is 0 Å². The van der Waals surface area contributed by atoms with E-state index in [0.717, 1.165) is 31.7 Å². The van der Waals surface area contributed by atoms with Crippen LogP contribution in [0.3, 0.4) is 0 Å². The molecule has 2 aliphatic heterocycles. The van der Waals surface area contributed by atoms with E-state index in [9.17, 15) is 4.79 Å². The van der Waals surface area contributed by atoms with Crippen molar-refractivity contribution in [2.24, 2.45) is 0 Å². The van der Waals surface area contributed by atoms with Gasteiger partial charge in [0.2, 0.25) is 0 Å². The number of benzene rings is 1. The SMILES string of the molecule is O=C(O)c1ccc(CN(CC2=CC=CCN2)CC2C=CC=CN2)cc1. The van der Waals surface area contributed by atoms with E-state index in [-0.39, 0.29) is 6.04 Å². The Balaban J connectivity index is 1.69. The maximum Gasteiger partial charge on any atom is 0.335 e. The topological polar surface area (TPSA) is 64.6 Å². The van der Waals surface area contributed by atoms with Crippen molar-refractivity contribution in [1.82, 2.24) is 15.5 Å². The largest absolute Gasteiger partial charge is 0.478 e. The smallest absolute Gasteiger partial charge is 0.335 e. The second kappa shape index (κ2) is 8.35. The number of nitrogens with one attached hydrogen (secondary N) is 2. The lowest BCUT2D eigenvalue weighted by Gasteiger charge is -2.29. The van der Waals surface area contributed by atoms with Crippen molar-refractivity contribution < 1.29 is 9.90 Å². The zero-order valence-corrected chi connectivity index (χ0v) is 14.1. The highest BCUT2D eigenvalue weighted by atomic mass is 16.4. The maximum atomic E-state index is 11.0. The first kappa shape index (κ1) is 17.0. The highest BCUT2D eigenvalue weighted by Gasteiger charge is 2.15. The summed E-state index contributed by atoms with van der Waals surface area (Å²) in [5.41, 5.74) is 2.62. The molecule has 25 heavy (non-hydrogen) atoms. The Kier molecular flexibility index (Phi) is 5.69. The number of dihydropyridines is 2. The van der Waals surface area contributed by atoms with Gasteiger partial charge in [0.05, 0.1) is 11.6 Å². The molecule has 1 aromatic rings. The molecule has 130 valence electrons. The Morgan fingerprint density at radius 2 is 2.00 bits per heavy atom. The average Bonchev–Trinajstić information content (AvgIpc) is 2.64. The van der Waals surface area contributed by atoms with Crippen molar-refractivity contribution in [2.75, 3.05) is 19.6 Å². The molecule has 0 radical (unpaired) electrons. The third kappa shape index (κ3) is 5.09. The molecular weight excluding hydrogens is 314 g/mol. The first-order valence-corrected chi connectivity index (χ1v) is 8.44. The monoisotopic (exact) mass is 337 g/mol. The molecule has 0 fully saturated rings. The Morgan fingerprint density at radius 3 is 2.64 bits per heavy atom. The number of allylic oxidation sites excluding steroid dienone is 4. The normalized spacial score (nSPS) is 18.6. The van der Waals surface area contributed by atoms with Crippen LogP contribution in [-0.4, -0.2) is 41.7 Å². The first-order valence-electron chi connectivity index (χ1n) is 8.44. The highest BCUT2D eigenvalue weighted by molar-refractivity contribution is 5.87. The van der Waals surface area contributed by atoms with Crippen LogP contribution < -0.4 is 10.6 Å². The summed E-state index contributed by atoms with van der Waals surface area (Å²) in [6, 6.07) is 7.38. The van der Waals surface area contributed by atoms with E-state index in [1.165, 1.54) is 5.70 Å². The Labute approximate surface area is 148 Å². The molecule has 0 saturated carbocycles. The van der Waals surface area contributed by atoms with E-state index in [0.29, 0.717) is 5.56 Å². The molecule has 3 N–H and O–H groups in total. The van der Waals surface area contributed by atoms with Gasteiger partial charge in [-0.3, -0.25) is 4.90 Å². The molecule has 2 heterocycles. The Bertz CT molecular complexity index is 717. The first-order chi connectivity index (χ1) is 12.2. The number of rotatable bonds is 7. The average molecular weight is 337 g/mol. The van der Waals surface area contributed by atoms with Gasteiger partial charge in [-0.25, -0.2) is 4.79 Å². The zero-order valence-electron chi connectivity index (χ0n) is 14.1. The molecular formula is C20H23N3O2. The van der Waals surface area contributed by atoms with Crippen LogP contribution >= 0.6 is 0 Å². The Hall–Kier alpha value is -2.79. The predicted molar refractivity (Wildman–Crippen MR) is 99.1 cm³/mol. The second-order valence-electron chi connectivity index (χ2n) is 6.19. The van der Waals surface area contributed by atoms with Crippen LogP contribution in [-0.2, 0) is 6.54 Å². The van der Waals surface area contributed by atoms with E-state index in [2.05, 4.69) is 45.9 Å². The number of hydrogen-bond acceptors (Lipinski definition) is 4. The van der Waals surface area contributed by atoms with E-state index in [4.69, 9.17) is 5.11 Å². The van der Waals surface area contributed by atoms with Crippen LogP contribution in [0.1, 0.15) is 15.9 Å². The predicted octanol–water partition coefficient (Wildman–Crippen LogP) is 2.27. The number of carboxylic acid groups (broad SMARTS) is 1. The summed E-state index contributed by atoms with van der Waals surface area (Å²) in [6.45, 7) is 3.31. The fourth-order valence-corrected chi connectivity index (χ4v) is 2.93. The number of nitrogens with zero attached hydrogens (tertiary/aromatic N) is 1. The number of carboxylic acids is 1. The lowest BCUT2D eigenvalue weighted by Crippen LogP contribution is -2.40. The molecule has 0 bridgehead atoms. The highest BCUT2D eigenvalue weighted by Crippen LogP contribution is 2.11. The van der Waals surface area contributed by atoms with Crippen molar-refractivity contribution in [1.29, 1.82) is 0 Å². The van der Waals surface area contributed by atoms with Crippen LogP contribution in [0.5, 0.6) is 0 Å². The van der Waals surface area contributed by atoms with Gasteiger partial charge in [-0.15, -0.1) is 0 Å². The summed E-state index contributed by atoms with van der Waals surface area (Å²) < 4.78 is 0. The lowest BCUT2D eigenvalue weighted by atomic mass is 10.1. The summed E-state index contributed by atoms with van der Waals surface area (Å²) >= 11 is 0. The van der Waals surface area contributed by atoms with Gasteiger partial charge in [0, 0.05) is 31.9 Å². The molecule has 0 aromatic heterocycles. The molecule has 5 nitrogen and oxygen atoms in total. The van der Waals surface area contributed by atoms with E-state index < -0.39 is 5.97 Å². The van der Waals surface area contributed by atoms with Crippen LogP contribution in [0.2, 0.25) is 0 Å². The number of carbonyl (C=O) groups is 1. The van der Waals surface area contributed by atoms with Crippen molar-refractivity contribution in [2.45, 2.75) is 12.6 Å². The summed E-state index contributed by atoms with van der Waals surface area (Å²) in [5, 5.41) is 15.8. The summed E-state index contributed by atoms with van der Waals surface area (Å²) in [4.78, 5) is 13.4. The zero-order chi connectivity index (χ0) is 17.5. The lowest BCUT2D eigenvalue weighted by molar-refractivity contribution is 0.0697. The molecule has 0 aliphatic carbocycles.